The van der Waals surface area contributed by atoms with E-state index < -0.39 is 0 Å². The van der Waals surface area contributed by atoms with Gasteiger partial charge in [0, 0.05) is 10.4 Å². The SMILES string of the molecule is CC(C)(C)NC(=O)c1ccccc1NC(=O)NCc1cccs1. The third-order valence-corrected chi connectivity index (χ3v) is 3.79. The molecular weight excluding hydrogens is 310 g/mol. The van der Waals surface area contributed by atoms with Crippen LogP contribution in [-0.2, 0) is 6.54 Å². The van der Waals surface area contributed by atoms with Crippen LogP contribution in [0, 0.1) is 0 Å². The Kier molecular flexibility index (Phi) is 5.39. The molecule has 3 N–H and O–H groups in total. The van der Waals surface area contributed by atoms with E-state index in [1.807, 2.05) is 38.3 Å². The number of anilines is 1. The van der Waals surface area contributed by atoms with Crippen molar-refractivity contribution in [2.24, 2.45) is 0 Å². The van der Waals surface area contributed by atoms with Gasteiger partial charge < -0.3 is 16.0 Å². The van der Waals surface area contributed by atoms with Gasteiger partial charge in [0.25, 0.3) is 5.91 Å². The molecule has 3 amide bonds. The molecule has 0 atom stereocenters. The molecule has 122 valence electrons. The van der Waals surface area contributed by atoms with Crippen molar-refractivity contribution in [1.82, 2.24) is 10.6 Å². The molecule has 0 aliphatic heterocycles. The van der Waals surface area contributed by atoms with Crippen molar-refractivity contribution < 1.29 is 9.59 Å². The number of thiophene rings is 1. The molecule has 0 unspecified atom stereocenters. The van der Waals surface area contributed by atoms with Gasteiger partial charge in [-0.15, -0.1) is 11.3 Å². The third-order valence-electron chi connectivity index (χ3n) is 2.91. The van der Waals surface area contributed by atoms with Crippen molar-refractivity contribution in [1.29, 1.82) is 0 Å². The van der Waals surface area contributed by atoms with Gasteiger partial charge in [-0.2, -0.15) is 0 Å². The highest BCUT2D eigenvalue weighted by Gasteiger charge is 2.18. The van der Waals surface area contributed by atoms with E-state index in [-0.39, 0.29) is 17.5 Å². The van der Waals surface area contributed by atoms with Crippen LogP contribution in [0.2, 0.25) is 0 Å². The Balaban J connectivity index is 2.02. The van der Waals surface area contributed by atoms with Gasteiger partial charge in [-0.05, 0) is 44.4 Å². The zero-order chi connectivity index (χ0) is 16.9. The Labute approximate surface area is 140 Å². The first-order valence-electron chi connectivity index (χ1n) is 7.34. The van der Waals surface area contributed by atoms with E-state index in [4.69, 9.17) is 0 Å². The van der Waals surface area contributed by atoms with E-state index in [1.165, 1.54) is 0 Å². The number of amides is 3. The van der Waals surface area contributed by atoms with Gasteiger partial charge in [0.2, 0.25) is 0 Å². The minimum absolute atomic E-state index is 0.216. The second-order valence-corrected chi connectivity index (χ2v) is 7.17. The van der Waals surface area contributed by atoms with Gasteiger partial charge in [-0.25, -0.2) is 4.79 Å². The van der Waals surface area contributed by atoms with Crippen LogP contribution >= 0.6 is 11.3 Å². The van der Waals surface area contributed by atoms with E-state index in [9.17, 15) is 9.59 Å². The number of urea groups is 1. The monoisotopic (exact) mass is 331 g/mol. The molecule has 0 saturated carbocycles. The Morgan fingerprint density at radius 2 is 1.83 bits per heavy atom. The molecule has 0 fully saturated rings. The average Bonchev–Trinajstić information content (AvgIpc) is 2.97. The smallest absolute Gasteiger partial charge is 0.319 e. The first-order chi connectivity index (χ1) is 10.8. The van der Waals surface area contributed by atoms with Crippen molar-refractivity contribution in [2.45, 2.75) is 32.9 Å². The van der Waals surface area contributed by atoms with E-state index in [2.05, 4.69) is 16.0 Å². The summed E-state index contributed by atoms with van der Waals surface area (Å²) in [6.07, 6.45) is 0. The van der Waals surface area contributed by atoms with E-state index >= 15 is 0 Å². The summed E-state index contributed by atoms with van der Waals surface area (Å²) in [7, 11) is 0. The van der Waals surface area contributed by atoms with Crippen LogP contribution < -0.4 is 16.0 Å². The maximum atomic E-state index is 12.3. The summed E-state index contributed by atoms with van der Waals surface area (Å²) in [5.41, 5.74) is 0.581. The van der Waals surface area contributed by atoms with Crippen molar-refractivity contribution in [3.63, 3.8) is 0 Å². The first-order valence-corrected chi connectivity index (χ1v) is 8.22. The minimum atomic E-state index is -0.342. The van der Waals surface area contributed by atoms with Gasteiger partial charge in [0.15, 0.2) is 0 Å². The highest BCUT2D eigenvalue weighted by atomic mass is 32.1. The summed E-state index contributed by atoms with van der Waals surface area (Å²) in [4.78, 5) is 25.4. The molecule has 1 heterocycles. The summed E-state index contributed by atoms with van der Waals surface area (Å²) in [5.74, 6) is -0.216. The van der Waals surface area contributed by atoms with Crippen molar-refractivity contribution in [3.8, 4) is 0 Å². The molecule has 0 radical (unpaired) electrons. The maximum Gasteiger partial charge on any atom is 0.319 e. The summed E-state index contributed by atoms with van der Waals surface area (Å²) in [5, 5.41) is 10.4. The maximum absolute atomic E-state index is 12.3. The Morgan fingerprint density at radius 1 is 1.09 bits per heavy atom. The number of nitrogens with one attached hydrogen (secondary N) is 3. The molecule has 0 aliphatic rings. The number of carbonyl (C=O) groups excluding carboxylic acids is 2. The summed E-state index contributed by atoms with van der Waals surface area (Å²) in [6.45, 7) is 6.19. The second kappa shape index (κ2) is 7.28. The Hall–Kier alpha value is -2.34. The van der Waals surface area contributed by atoms with Crippen LogP contribution in [0.15, 0.2) is 41.8 Å². The third kappa shape index (κ3) is 5.41. The normalized spacial score (nSPS) is 10.9. The molecule has 0 bridgehead atoms. The highest BCUT2D eigenvalue weighted by molar-refractivity contribution is 7.09. The lowest BCUT2D eigenvalue weighted by atomic mass is 10.1. The number of hydrogen-bond donors (Lipinski definition) is 3. The second-order valence-electron chi connectivity index (χ2n) is 6.14. The van der Waals surface area contributed by atoms with Crippen LogP contribution in [0.1, 0.15) is 36.0 Å². The topological polar surface area (TPSA) is 70.2 Å². The van der Waals surface area contributed by atoms with E-state index in [1.54, 1.807) is 35.6 Å². The number of rotatable bonds is 4. The van der Waals surface area contributed by atoms with Gasteiger partial charge in [0.05, 0.1) is 17.8 Å². The summed E-state index contributed by atoms with van der Waals surface area (Å²) >= 11 is 1.58. The molecule has 1 aromatic carbocycles. The van der Waals surface area contributed by atoms with Crippen LogP contribution in [0.4, 0.5) is 10.5 Å². The first kappa shape index (κ1) is 17.0. The van der Waals surface area contributed by atoms with Gasteiger partial charge >= 0.3 is 6.03 Å². The van der Waals surface area contributed by atoms with Crippen molar-refractivity contribution in [3.05, 3.63) is 52.2 Å². The predicted octanol–water partition coefficient (Wildman–Crippen LogP) is 3.60. The van der Waals surface area contributed by atoms with Gasteiger partial charge in [-0.3, -0.25) is 4.79 Å². The van der Waals surface area contributed by atoms with E-state index in [0.717, 1.165) is 4.88 Å². The number of para-hydroxylation sites is 1. The fraction of sp³-hybridized carbons (Fsp3) is 0.294. The molecule has 5 nitrogen and oxygen atoms in total. The lowest BCUT2D eigenvalue weighted by Crippen LogP contribution is -2.41. The average molecular weight is 331 g/mol. The van der Waals surface area contributed by atoms with Gasteiger partial charge in [0.1, 0.15) is 0 Å². The molecule has 2 aromatic rings. The number of carbonyl (C=O) groups is 2. The zero-order valence-electron chi connectivity index (χ0n) is 13.5. The Bertz CT molecular complexity index is 675. The standard InChI is InChI=1S/C17H21N3O2S/c1-17(2,3)20-15(21)13-8-4-5-9-14(13)19-16(22)18-11-12-7-6-10-23-12/h4-10H,11H2,1-3H3,(H,20,21)(H2,18,19,22). The van der Waals surface area contributed by atoms with E-state index in [0.29, 0.717) is 17.8 Å². The highest BCUT2D eigenvalue weighted by Crippen LogP contribution is 2.16. The molecule has 0 aliphatic carbocycles. The van der Waals surface area contributed by atoms with Crippen molar-refractivity contribution >= 4 is 29.0 Å². The quantitative estimate of drug-likeness (QED) is 0.801. The van der Waals surface area contributed by atoms with Crippen LogP contribution in [0.3, 0.4) is 0 Å². The van der Waals surface area contributed by atoms with Crippen LogP contribution in [-0.4, -0.2) is 17.5 Å². The fourth-order valence-corrected chi connectivity index (χ4v) is 2.59. The number of hydrogen-bond acceptors (Lipinski definition) is 3. The van der Waals surface area contributed by atoms with Crippen LogP contribution in [0.5, 0.6) is 0 Å². The molecule has 2 rings (SSSR count). The summed E-state index contributed by atoms with van der Waals surface area (Å²) < 4.78 is 0. The fourth-order valence-electron chi connectivity index (χ4n) is 1.95. The summed E-state index contributed by atoms with van der Waals surface area (Å²) in [6, 6.07) is 10.5. The number of benzene rings is 1. The molecular formula is C17H21N3O2S. The largest absolute Gasteiger partial charge is 0.347 e. The lowest BCUT2D eigenvalue weighted by molar-refractivity contribution is 0.0920. The molecule has 0 saturated heterocycles. The zero-order valence-corrected chi connectivity index (χ0v) is 14.3. The lowest BCUT2D eigenvalue weighted by Gasteiger charge is -2.21. The molecule has 1 aromatic heterocycles. The van der Waals surface area contributed by atoms with Crippen LogP contribution in [0.25, 0.3) is 0 Å². The minimum Gasteiger partial charge on any atom is -0.347 e. The molecule has 23 heavy (non-hydrogen) atoms. The van der Waals surface area contributed by atoms with Crippen molar-refractivity contribution in [2.75, 3.05) is 5.32 Å². The van der Waals surface area contributed by atoms with Gasteiger partial charge in [-0.1, -0.05) is 18.2 Å². The predicted molar refractivity (Wildman–Crippen MR) is 93.8 cm³/mol. The molecule has 0 spiro atoms. The Morgan fingerprint density at radius 3 is 2.48 bits per heavy atom. The molecule has 6 heteroatoms.